The Hall–Kier alpha value is -0.960. The van der Waals surface area contributed by atoms with Crippen LogP contribution in [0.4, 0.5) is 17.6 Å². The Balaban J connectivity index is 2.70. The molecule has 0 amide bonds. The van der Waals surface area contributed by atoms with Crippen molar-refractivity contribution in [2.75, 3.05) is 0 Å². The van der Waals surface area contributed by atoms with Crippen LogP contribution in [-0.2, 0) is 6.18 Å². The summed E-state index contributed by atoms with van der Waals surface area (Å²) in [5.41, 5.74) is -0.979. The maximum atomic E-state index is 13.0. The Morgan fingerprint density at radius 1 is 1.20 bits per heavy atom. The molecule has 20 heavy (non-hydrogen) atoms. The van der Waals surface area contributed by atoms with Crippen molar-refractivity contribution in [1.82, 2.24) is 9.97 Å². The summed E-state index contributed by atoms with van der Waals surface area (Å²) in [6, 6.07) is 2.34. The first-order chi connectivity index (χ1) is 9.20. The molecule has 2 aromatic rings. The van der Waals surface area contributed by atoms with Crippen LogP contribution in [-0.4, -0.2) is 9.97 Å². The zero-order chi connectivity index (χ0) is 15.1. The van der Waals surface area contributed by atoms with Gasteiger partial charge >= 0.3 is 6.18 Å². The smallest absolute Gasteiger partial charge is 0.232 e. The molecule has 0 aliphatic carbocycles. The van der Waals surface area contributed by atoms with Crippen molar-refractivity contribution in [3.63, 3.8) is 0 Å². The summed E-state index contributed by atoms with van der Waals surface area (Å²) in [6.07, 6.45) is -4.70. The standard InChI is InChI=1S/C12H6ClF4IN2/c1-5-9(18)10(13)20-11(19-5)7-3-2-6(14)4-8(7)12(15,16)17/h2-4H,1H3. The van der Waals surface area contributed by atoms with E-state index in [2.05, 4.69) is 9.97 Å². The van der Waals surface area contributed by atoms with Gasteiger partial charge in [-0.25, -0.2) is 14.4 Å². The molecule has 0 radical (unpaired) electrons. The third kappa shape index (κ3) is 3.03. The van der Waals surface area contributed by atoms with E-state index >= 15 is 0 Å². The number of benzene rings is 1. The number of hydrogen-bond acceptors (Lipinski definition) is 2. The van der Waals surface area contributed by atoms with Crippen LogP contribution in [0.3, 0.4) is 0 Å². The van der Waals surface area contributed by atoms with E-state index in [0.717, 1.165) is 12.1 Å². The second-order valence-corrected chi connectivity index (χ2v) is 5.36. The van der Waals surface area contributed by atoms with Crippen molar-refractivity contribution < 1.29 is 17.6 Å². The molecular weight excluding hydrogens is 410 g/mol. The first kappa shape index (κ1) is 15.4. The van der Waals surface area contributed by atoms with Crippen molar-refractivity contribution in [3.05, 3.63) is 44.0 Å². The van der Waals surface area contributed by atoms with Gasteiger partial charge in [-0.15, -0.1) is 0 Å². The van der Waals surface area contributed by atoms with Crippen LogP contribution in [0.1, 0.15) is 11.3 Å². The van der Waals surface area contributed by atoms with Crippen LogP contribution in [0, 0.1) is 16.3 Å². The Morgan fingerprint density at radius 2 is 1.85 bits per heavy atom. The lowest BCUT2D eigenvalue weighted by atomic mass is 10.1. The molecule has 0 bridgehead atoms. The first-order valence-electron chi connectivity index (χ1n) is 5.27. The highest BCUT2D eigenvalue weighted by Gasteiger charge is 2.35. The van der Waals surface area contributed by atoms with Gasteiger partial charge in [-0.1, -0.05) is 11.6 Å². The third-order valence-corrected chi connectivity index (χ3v) is 4.39. The second-order valence-electron chi connectivity index (χ2n) is 3.93. The van der Waals surface area contributed by atoms with Gasteiger partial charge in [0, 0.05) is 5.56 Å². The molecule has 0 aliphatic heterocycles. The zero-order valence-electron chi connectivity index (χ0n) is 9.89. The predicted octanol–water partition coefficient (Wildman–Crippen LogP) is 4.87. The largest absolute Gasteiger partial charge is 0.417 e. The first-order valence-corrected chi connectivity index (χ1v) is 6.72. The highest BCUT2D eigenvalue weighted by molar-refractivity contribution is 14.1. The molecule has 0 N–H and O–H groups in total. The van der Waals surface area contributed by atoms with E-state index in [4.69, 9.17) is 11.6 Å². The van der Waals surface area contributed by atoms with Crippen LogP contribution in [0.15, 0.2) is 18.2 Å². The molecule has 106 valence electrons. The van der Waals surface area contributed by atoms with Gasteiger partial charge in [-0.2, -0.15) is 13.2 Å². The van der Waals surface area contributed by atoms with E-state index in [-0.39, 0.29) is 16.5 Å². The predicted molar refractivity (Wildman–Crippen MR) is 74.9 cm³/mol. The van der Waals surface area contributed by atoms with Gasteiger partial charge in [-0.3, -0.25) is 0 Å². The summed E-state index contributed by atoms with van der Waals surface area (Å²) in [7, 11) is 0. The maximum Gasteiger partial charge on any atom is 0.417 e. The average molecular weight is 417 g/mol. The summed E-state index contributed by atoms with van der Waals surface area (Å²) in [5, 5.41) is 0.0607. The van der Waals surface area contributed by atoms with Crippen LogP contribution in [0.25, 0.3) is 11.4 Å². The molecule has 0 spiro atoms. The molecule has 1 heterocycles. The van der Waals surface area contributed by atoms with E-state index in [9.17, 15) is 17.6 Å². The topological polar surface area (TPSA) is 25.8 Å². The molecule has 2 rings (SSSR count). The molecule has 1 aromatic carbocycles. The van der Waals surface area contributed by atoms with Crippen LogP contribution in [0.5, 0.6) is 0 Å². The summed E-state index contributed by atoms with van der Waals surface area (Å²) >= 11 is 7.75. The van der Waals surface area contributed by atoms with Crippen LogP contribution >= 0.6 is 34.2 Å². The number of aryl methyl sites for hydroxylation is 1. The highest BCUT2D eigenvalue weighted by Crippen LogP contribution is 2.37. The SMILES string of the molecule is Cc1nc(-c2ccc(F)cc2C(F)(F)F)nc(Cl)c1I. The molecule has 8 heteroatoms. The number of alkyl halides is 3. The number of aromatic nitrogens is 2. The molecule has 1 aromatic heterocycles. The minimum Gasteiger partial charge on any atom is -0.232 e. The van der Waals surface area contributed by atoms with Crippen molar-refractivity contribution in [1.29, 1.82) is 0 Å². The lowest BCUT2D eigenvalue weighted by Gasteiger charge is -2.13. The van der Waals surface area contributed by atoms with Gasteiger partial charge < -0.3 is 0 Å². The lowest BCUT2D eigenvalue weighted by molar-refractivity contribution is -0.137. The molecular formula is C12H6ClF4IN2. The highest BCUT2D eigenvalue weighted by atomic mass is 127. The third-order valence-electron chi connectivity index (χ3n) is 2.50. The number of rotatable bonds is 1. The van der Waals surface area contributed by atoms with E-state index in [1.165, 1.54) is 0 Å². The molecule has 0 aliphatic rings. The minimum atomic E-state index is -4.70. The fourth-order valence-corrected chi connectivity index (χ4v) is 2.05. The Morgan fingerprint density at radius 3 is 2.40 bits per heavy atom. The summed E-state index contributed by atoms with van der Waals surface area (Å²) in [4.78, 5) is 7.81. The molecule has 0 fully saturated rings. The van der Waals surface area contributed by atoms with Crippen molar-refractivity contribution in [3.8, 4) is 11.4 Å². The van der Waals surface area contributed by atoms with E-state index in [1.54, 1.807) is 6.92 Å². The zero-order valence-corrected chi connectivity index (χ0v) is 12.8. The van der Waals surface area contributed by atoms with Crippen LogP contribution in [0.2, 0.25) is 5.15 Å². The normalized spacial score (nSPS) is 11.8. The van der Waals surface area contributed by atoms with Gasteiger partial charge in [0.25, 0.3) is 0 Å². The van der Waals surface area contributed by atoms with E-state index < -0.39 is 17.6 Å². The summed E-state index contributed by atoms with van der Waals surface area (Å²) in [6.45, 7) is 1.61. The fourth-order valence-electron chi connectivity index (χ4n) is 1.59. The average Bonchev–Trinajstić information content (AvgIpc) is 2.34. The number of halogens is 6. The summed E-state index contributed by atoms with van der Waals surface area (Å²) in [5.74, 6) is -1.16. The molecule has 0 atom stereocenters. The number of hydrogen-bond donors (Lipinski definition) is 0. The monoisotopic (exact) mass is 416 g/mol. The Bertz CT molecular complexity index is 650. The minimum absolute atomic E-state index is 0.0607. The second kappa shape index (κ2) is 5.44. The molecule has 0 unspecified atom stereocenters. The molecule has 2 nitrogen and oxygen atoms in total. The summed E-state index contributed by atoms with van der Waals surface area (Å²) < 4.78 is 52.4. The lowest BCUT2D eigenvalue weighted by Crippen LogP contribution is -2.09. The van der Waals surface area contributed by atoms with Crippen molar-refractivity contribution >= 4 is 34.2 Å². The van der Waals surface area contributed by atoms with Crippen molar-refractivity contribution in [2.24, 2.45) is 0 Å². The van der Waals surface area contributed by atoms with Crippen LogP contribution < -0.4 is 0 Å². The fraction of sp³-hybridized carbons (Fsp3) is 0.167. The quantitative estimate of drug-likeness (QED) is 0.377. The number of nitrogens with zero attached hydrogens (tertiary/aromatic N) is 2. The van der Waals surface area contributed by atoms with Gasteiger partial charge in [0.05, 0.1) is 14.8 Å². The van der Waals surface area contributed by atoms with Gasteiger partial charge in [0.1, 0.15) is 11.0 Å². The van der Waals surface area contributed by atoms with Gasteiger partial charge in [0.2, 0.25) is 0 Å². The Kier molecular flexibility index (Phi) is 4.19. The van der Waals surface area contributed by atoms with Gasteiger partial charge in [0.15, 0.2) is 5.82 Å². The van der Waals surface area contributed by atoms with E-state index in [0.29, 0.717) is 15.3 Å². The maximum absolute atomic E-state index is 13.0. The van der Waals surface area contributed by atoms with E-state index in [1.807, 2.05) is 22.6 Å². The van der Waals surface area contributed by atoms with Crippen molar-refractivity contribution in [2.45, 2.75) is 13.1 Å². The van der Waals surface area contributed by atoms with Gasteiger partial charge in [-0.05, 0) is 47.7 Å². The molecule has 0 saturated heterocycles. The molecule has 0 saturated carbocycles. The Labute approximate surface area is 130 Å².